The fourth-order valence-corrected chi connectivity index (χ4v) is 3.87. The first kappa shape index (κ1) is 29.0. The average Bonchev–Trinajstić information content (AvgIpc) is 2.83. The van der Waals surface area contributed by atoms with Crippen LogP contribution in [0, 0.1) is 0 Å². The standard InChI is InChI=1S/C24H35N5O3.C2H4O2/c1-5-14-32-21-9-8-17(25-22(30)16-29-12-10-28(4)11-13-29)15-19(21)23-26-20(7-3)18(6-2)24(31)27-23;1-2(3)4/h8-9,15H,5-7,10-14,16H2,1-4H3,(H,25,30)(H,26,27,31);1H3,(H,3,4). The van der Waals surface area contributed by atoms with Gasteiger partial charge in [0.1, 0.15) is 11.6 Å². The maximum Gasteiger partial charge on any atom is 0.300 e. The lowest BCUT2D eigenvalue weighted by Gasteiger charge is -2.31. The van der Waals surface area contributed by atoms with Crippen LogP contribution in [0.5, 0.6) is 5.75 Å². The summed E-state index contributed by atoms with van der Waals surface area (Å²) < 4.78 is 5.91. The monoisotopic (exact) mass is 501 g/mol. The van der Waals surface area contributed by atoms with Crippen molar-refractivity contribution >= 4 is 17.6 Å². The Kier molecular flexibility index (Phi) is 11.6. The Hall–Kier alpha value is -3.24. The van der Waals surface area contributed by atoms with E-state index in [1.165, 1.54) is 0 Å². The fourth-order valence-electron chi connectivity index (χ4n) is 3.87. The molecule has 0 saturated carbocycles. The fraction of sp³-hybridized carbons (Fsp3) is 0.538. The number of ether oxygens (including phenoxy) is 1. The molecule has 0 atom stereocenters. The number of nitrogens with one attached hydrogen (secondary N) is 2. The van der Waals surface area contributed by atoms with E-state index in [2.05, 4.69) is 27.1 Å². The minimum Gasteiger partial charge on any atom is -0.493 e. The lowest BCUT2D eigenvalue weighted by Crippen LogP contribution is -2.47. The molecule has 1 aliphatic rings. The molecule has 198 valence electrons. The van der Waals surface area contributed by atoms with Crippen LogP contribution < -0.4 is 15.6 Å². The van der Waals surface area contributed by atoms with E-state index in [4.69, 9.17) is 19.6 Å². The summed E-state index contributed by atoms with van der Waals surface area (Å²) >= 11 is 0. The second-order valence-electron chi connectivity index (χ2n) is 8.75. The highest BCUT2D eigenvalue weighted by Gasteiger charge is 2.18. The molecule has 1 aromatic heterocycles. The first-order valence-corrected chi connectivity index (χ1v) is 12.5. The number of hydrogen-bond acceptors (Lipinski definition) is 7. The van der Waals surface area contributed by atoms with Gasteiger partial charge in [0.2, 0.25) is 5.91 Å². The van der Waals surface area contributed by atoms with E-state index < -0.39 is 5.97 Å². The molecule has 0 bridgehead atoms. The van der Waals surface area contributed by atoms with Gasteiger partial charge >= 0.3 is 0 Å². The lowest BCUT2D eigenvalue weighted by atomic mass is 10.1. The summed E-state index contributed by atoms with van der Waals surface area (Å²) in [5, 5.41) is 10.4. The van der Waals surface area contributed by atoms with Gasteiger partial charge in [-0.15, -0.1) is 0 Å². The van der Waals surface area contributed by atoms with Gasteiger partial charge < -0.3 is 25.0 Å². The minimum atomic E-state index is -0.833. The zero-order valence-electron chi connectivity index (χ0n) is 22.0. The number of anilines is 1. The Morgan fingerprint density at radius 2 is 1.81 bits per heavy atom. The van der Waals surface area contributed by atoms with E-state index >= 15 is 0 Å². The first-order valence-electron chi connectivity index (χ1n) is 12.5. The Bertz CT molecular complexity index is 1070. The summed E-state index contributed by atoms with van der Waals surface area (Å²) in [6.07, 6.45) is 2.17. The lowest BCUT2D eigenvalue weighted by molar-refractivity contribution is -0.134. The van der Waals surface area contributed by atoms with E-state index in [1.54, 1.807) is 0 Å². The number of piperazine rings is 1. The number of amides is 1. The third-order valence-electron chi connectivity index (χ3n) is 5.73. The molecule has 1 aromatic carbocycles. The summed E-state index contributed by atoms with van der Waals surface area (Å²) in [5.74, 6) is 0.212. The highest BCUT2D eigenvalue weighted by molar-refractivity contribution is 5.93. The molecule has 0 unspecified atom stereocenters. The predicted molar refractivity (Wildman–Crippen MR) is 141 cm³/mol. The molecule has 2 aromatic rings. The van der Waals surface area contributed by atoms with Crippen LogP contribution in [0.4, 0.5) is 5.69 Å². The molecular formula is C26H39N5O5. The SMILES string of the molecule is CC(=O)O.CCCOc1ccc(NC(=O)CN2CCN(C)CC2)cc1-c1nc(CC)c(CC)c(=O)[nH]1. The number of H-pyrrole nitrogens is 1. The molecule has 3 rings (SSSR count). The predicted octanol–water partition coefficient (Wildman–Crippen LogP) is 2.63. The van der Waals surface area contributed by atoms with Crippen molar-refractivity contribution in [3.63, 3.8) is 0 Å². The van der Waals surface area contributed by atoms with Gasteiger partial charge in [-0.2, -0.15) is 0 Å². The number of benzene rings is 1. The molecule has 0 spiro atoms. The summed E-state index contributed by atoms with van der Waals surface area (Å²) in [6, 6.07) is 5.49. The van der Waals surface area contributed by atoms with E-state index in [-0.39, 0.29) is 11.5 Å². The molecule has 1 fully saturated rings. The number of aryl methyl sites for hydroxylation is 1. The number of aromatic nitrogens is 2. The maximum atomic E-state index is 12.6. The maximum absolute atomic E-state index is 12.6. The smallest absolute Gasteiger partial charge is 0.300 e. The van der Waals surface area contributed by atoms with Gasteiger partial charge in [-0.05, 0) is 44.5 Å². The van der Waals surface area contributed by atoms with Crippen LogP contribution in [0.25, 0.3) is 11.4 Å². The molecule has 3 N–H and O–H groups in total. The molecule has 2 heterocycles. The van der Waals surface area contributed by atoms with Crippen LogP contribution in [-0.4, -0.2) is 83.1 Å². The third kappa shape index (κ3) is 8.76. The Morgan fingerprint density at radius 3 is 2.39 bits per heavy atom. The third-order valence-corrected chi connectivity index (χ3v) is 5.73. The molecule has 0 radical (unpaired) electrons. The van der Waals surface area contributed by atoms with Crippen LogP contribution in [0.15, 0.2) is 23.0 Å². The van der Waals surface area contributed by atoms with Crippen LogP contribution in [0.2, 0.25) is 0 Å². The van der Waals surface area contributed by atoms with Crippen LogP contribution in [-0.2, 0) is 22.4 Å². The number of carboxylic acids is 1. The summed E-state index contributed by atoms with van der Waals surface area (Å²) in [5.41, 5.74) is 2.70. The zero-order chi connectivity index (χ0) is 26.7. The van der Waals surface area contributed by atoms with Crippen molar-refractivity contribution < 1.29 is 19.4 Å². The quantitative estimate of drug-likeness (QED) is 0.478. The van der Waals surface area contributed by atoms with Crippen molar-refractivity contribution in [2.24, 2.45) is 0 Å². The van der Waals surface area contributed by atoms with E-state index in [9.17, 15) is 9.59 Å². The van der Waals surface area contributed by atoms with Gasteiger partial charge in [0, 0.05) is 44.4 Å². The molecular weight excluding hydrogens is 462 g/mol. The topological polar surface area (TPSA) is 128 Å². The highest BCUT2D eigenvalue weighted by atomic mass is 16.5. The Morgan fingerprint density at radius 1 is 1.14 bits per heavy atom. The molecule has 10 heteroatoms. The van der Waals surface area contributed by atoms with Crippen molar-refractivity contribution in [2.75, 3.05) is 51.7 Å². The van der Waals surface area contributed by atoms with E-state index in [0.29, 0.717) is 54.4 Å². The molecule has 1 aliphatic heterocycles. The number of rotatable bonds is 9. The van der Waals surface area contributed by atoms with Crippen molar-refractivity contribution in [1.29, 1.82) is 0 Å². The number of carbonyl (C=O) groups excluding carboxylic acids is 1. The van der Waals surface area contributed by atoms with Gasteiger partial charge in [-0.3, -0.25) is 19.3 Å². The Labute approximate surface area is 212 Å². The molecule has 0 aliphatic carbocycles. The number of carbonyl (C=O) groups is 2. The van der Waals surface area contributed by atoms with Crippen molar-refractivity contribution in [3.8, 4) is 17.1 Å². The number of hydrogen-bond donors (Lipinski definition) is 3. The van der Waals surface area contributed by atoms with Crippen LogP contribution >= 0.6 is 0 Å². The largest absolute Gasteiger partial charge is 0.493 e. The normalized spacial score (nSPS) is 14.0. The zero-order valence-corrected chi connectivity index (χ0v) is 22.0. The second kappa shape index (κ2) is 14.4. The van der Waals surface area contributed by atoms with Crippen molar-refractivity contribution in [2.45, 2.75) is 47.0 Å². The Balaban J connectivity index is 0.00000106. The average molecular weight is 502 g/mol. The van der Waals surface area contributed by atoms with E-state index in [1.807, 2.05) is 39.0 Å². The van der Waals surface area contributed by atoms with E-state index in [0.717, 1.165) is 45.2 Å². The number of aromatic amines is 1. The van der Waals surface area contributed by atoms with Crippen LogP contribution in [0.3, 0.4) is 0 Å². The number of aliphatic carboxylic acids is 1. The summed E-state index contributed by atoms with van der Waals surface area (Å²) in [7, 11) is 2.09. The van der Waals surface area contributed by atoms with Gasteiger partial charge in [-0.25, -0.2) is 4.98 Å². The van der Waals surface area contributed by atoms with Crippen LogP contribution in [0.1, 0.15) is 45.4 Å². The minimum absolute atomic E-state index is 0.0558. The second-order valence-corrected chi connectivity index (χ2v) is 8.75. The summed E-state index contributed by atoms with van der Waals surface area (Å²) in [4.78, 5) is 46.3. The molecule has 1 saturated heterocycles. The van der Waals surface area contributed by atoms with Crippen molar-refractivity contribution in [3.05, 3.63) is 39.8 Å². The summed E-state index contributed by atoms with van der Waals surface area (Å²) in [6.45, 7) is 11.7. The highest BCUT2D eigenvalue weighted by Crippen LogP contribution is 2.31. The van der Waals surface area contributed by atoms with Gasteiger partial charge in [0.15, 0.2) is 0 Å². The number of carboxylic acid groups (broad SMARTS) is 1. The molecule has 10 nitrogen and oxygen atoms in total. The van der Waals surface area contributed by atoms with Crippen molar-refractivity contribution in [1.82, 2.24) is 19.8 Å². The van der Waals surface area contributed by atoms with Gasteiger partial charge in [-0.1, -0.05) is 20.8 Å². The number of nitrogens with zero attached hydrogens (tertiary/aromatic N) is 3. The molecule has 1 amide bonds. The molecule has 36 heavy (non-hydrogen) atoms. The first-order chi connectivity index (χ1) is 17.2. The number of likely N-dealkylation sites (N-methyl/N-ethyl adjacent to an activating group) is 1. The van der Waals surface area contributed by atoms with Gasteiger partial charge in [0.25, 0.3) is 11.5 Å². The van der Waals surface area contributed by atoms with Gasteiger partial charge in [0.05, 0.1) is 24.4 Å².